The van der Waals surface area contributed by atoms with Crippen LogP contribution < -0.4 is 10.2 Å². The lowest BCUT2D eigenvalue weighted by molar-refractivity contribution is -0.117. The maximum Gasteiger partial charge on any atom is 0.265 e. The van der Waals surface area contributed by atoms with Crippen LogP contribution in [0, 0.1) is 5.82 Å². The molecule has 3 heterocycles. The molecule has 3 aliphatic heterocycles. The van der Waals surface area contributed by atoms with Gasteiger partial charge in [-0.2, -0.15) is 0 Å². The molecule has 0 spiro atoms. The van der Waals surface area contributed by atoms with Gasteiger partial charge in [-0.15, -0.1) is 0 Å². The zero-order chi connectivity index (χ0) is 19.0. The molecule has 0 bridgehead atoms. The molecule has 4 rings (SSSR count). The van der Waals surface area contributed by atoms with Crippen LogP contribution in [0.15, 0.2) is 33.7 Å². The monoisotopic (exact) mass is 395 g/mol. The van der Waals surface area contributed by atoms with Gasteiger partial charge in [-0.25, -0.2) is 12.8 Å². The average molecular weight is 395 g/mol. The molecule has 0 radical (unpaired) electrons. The number of fused-ring (bicyclic) bond motifs is 3. The highest BCUT2D eigenvalue weighted by Crippen LogP contribution is 2.43. The topological polar surface area (TPSA) is 79.0 Å². The summed E-state index contributed by atoms with van der Waals surface area (Å²) in [5, 5.41) is 2.73. The van der Waals surface area contributed by atoms with Gasteiger partial charge in [-0.1, -0.05) is 0 Å². The standard InChI is InChI=1S/C18H22FN3O4S/c19-13-3-4-14-16(12-13)27(24,25)17(15-2-1-6-22(14)15)18(23)20-5-7-21-8-10-26-11-9-21/h3-4,12H,1-2,5-11H2,(H,20,23). The number of amides is 1. The normalized spacial score (nSPS) is 21.7. The van der Waals surface area contributed by atoms with Crippen LogP contribution in [-0.4, -0.2) is 65.2 Å². The van der Waals surface area contributed by atoms with E-state index in [1.165, 1.54) is 12.1 Å². The molecule has 0 aromatic heterocycles. The average Bonchev–Trinajstić information content (AvgIpc) is 3.11. The van der Waals surface area contributed by atoms with Crippen molar-refractivity contribution in [3.63, 3.8) is 0 Å². The van der Waals surface area contributed by atoms with E-state index in [4.69, 9.17) is 4.74 Å². The first-order valence-electron chi connectivity index (χ1n) is 9.12. The summed E-state index contributed by atoms with van der Waals surface area (Å²) in [4.78, 5) is 16.4. The summed E-state index contributed by atoms with van der Waals surface area (Å²) in [5.74, 6) is -1.24. The second-order valence-corrected chi connectivity index (χ2v) is 8.71. The number of carbonyl (C=O) groups excluding carboxylic acids is 1. The molecule has 146 valence electrons. The van der Waals surface area contributed by atoms with Gasteiger partial charge in [0.05, 0.1) is 23.8 Å². The molecule has 7 nitrogen and oxygen atoms in total. The first-order valence-corrected chi connectivity index (χ1v) is 10.6. The first-order chi connectivity index (χ1) is 13.0. The molecule has 2 fully saturated rings. The molecule has 1 aromatic carbocycles. The van der Waals surface area contributed by atoms with E-state index in [1.807, 2.05) is 4.90 Å². The van der Waals surface area contributed by atoms with E-state index in [0.717, 1.165) is 25.6 Å². The lowest BCUT2D eigenvalue weighted by Gasteiger charge is -2.30. The Hall–Kier alpha value is -1.97. The van der Waals surface area contributed by atoms with Crippen LogP contribution in [0.4, 0.5) is 10.1 Å². The summed E-state index contributed by atoms with van der Waals surface area (Å²) >= 11 is 0. The van der Waals surface area contributed by atoms with Crippen LogP contribution in [-0.2, 0) is 19.4 Å². The molecule has 1 aromatic rings. The molecule has 0 unspecified atom stereocenters. The van der Waals surface area contributed by atoms with E-state index in [1.54, 1.807) is 0 Å². The van der Waals surface area contributed by atoms with Crippen molar-refractivity contribution in [3.8, 4) is 0 Å². The third-order valence-electron chi connectivity index (χ3n) is 5.18. The van der Waals surface area contributed by atoms with Crippen molar-refractivity contribution in [2.75, 3.05) is 50.8 Å². The molecular formula is C18H22FN3O4S. The second kappa shape index (κ2) is 7.21. The minimum Gasteiger partial charge on any atom is -0.379 e. The number of hydrogen-bond acceptors (Lipinski definition) is 6. The number of morpholine rings is 1. The van der Waals surface area contributed by atoms with Gasteiger partial charge in [0.15, 0.2) is 4.91 Å². The van der Waals surface area contributed by atoms with Gasteiger partial charge in [0.1, 0.15) is 5.82 Å². The number of ether oxygens (including phenoxy) is 1. The minimum absolute atomic E-state index is 0.133. The van der Waals surface area contributed by atoms with Gasteiger partial charge in [-0.3, -0.25) is 9.69 Å². The molecule has 0 atom stereocenters. The van der Waals surface area contributed by atoms with Crippen LogP contribution in [0.2, 0.25) is 0 Å². The number of nitrogens with one attached hydrogen (secondary N) is 1. The predicted molar refractivity (Wildman–Crippen MR) is 97.5 cm³/mol. The number of rotatable bonds is 4. The van der Waals surface area contributed by atoms with E-state index >= 15 is 0 Å². The van der Waals surface area contributed by atoms with E-state index < -0.39 is 21.6 Å². The van der Waals surface area contributed by atoms with Crippen molar-refractivity contribution >= 4 is 21.4 Å². The Morgan fingerprint density at radius 2 is 2.00 bits per heavy atom. The van der Waals surface area contributed by atoms with Crippen molar-refractivity contribution in [3.05, 3.63) is 34.6 Å². The van der Waals surface area contributed by atoms with Crippen molar-refractivity contribution in [1.29, 1.82) is 0 Å². The number of nitrogens with zero attached hydrogens (tertiary/aromatic N) is 2. The van der Waals surface area contributed by atoms with Gasteiger partial charge < -0.3 is 15.0 Å². The van der Waals surface area contributed by atoms with Gasteiger partial charge in [0.2, 0.25) is 9.84 Å². The minimum atomic E-state index is -4.06. The Balaban J connectivity index is 1.58. The zero-order valence-electron chi connectivity index (χ0n) is 14.9. The zero-order valence-corrected chi connectivity index (χ0v) is 15.7. The van der Waals surface area contributed by atoms with Crippen molar-refractivity contribution < 1.29 is 22.3 Å². The fourth-order valence-corrected chi connectivity index (χ4v) is 5.63. The SMILES string of the molecule is O=C(NCCN1CCOCC1)C1=C2CCCN2c2ccc(F)cc2S1(=O)=O. The highest BCUT2D eigenvalue weighted by molar-refractivity contribution is 7.96. The molecule has 3 aliphatic rings. The third kappa shape index (κ3) is 3.35. The van der Waals surface area contributed by atoms with Crippen LogP contribution >= 0.6 is 0 Å². The lowest BCUT2D eigenvalue weighted by Crippen LogP contribution is -2.42. The summed E-state index contributed by atoms with van der Waals surface area (Å²) in [5.41, 5.74) is 0.965. The maximum absolute atomic E-state index is 13.7. The lowest BCUT2D eigenvalue weighted by atomic mass is 10.2. The van der Waals surface area contributed by atoms with Crippen LogP contribution in [0.3, 0.4) is 0 Å². The third-order valence-corrected chi connectivity index (χ3v) is 7.04. The summed E-state index contributed by atoms with van der Waals surface area (Å²) in [6.07, 6.45) is 1.27. The fourth-order valence-electron chi connectivity index (χ4n) is 3.85. The maximum atomic E-state index is 13.7. The largest absolute Gasteiger partial charge is 0.379 e. The van der Waals surface area contributed by atoms with Crippen molar-refractivity contribution in [2.24, 2.45) is 0 Å². The second-order valence-electron chi connectivity index (χ2n) is 6.86. The Bertz CT molecular complexity index is 894. The molecule has 1 N–H and O–H groups in total. The summed E-state index contributed by atoms with van der Waals surface area (Å²) < 4.78 is 45.1. The first kappa shape index (κ1) is 18.4. The number of halogens is 1. The number of sulfone groups is 1. The van der Waals surface area contributed by atoms with Gasteiger partial charge in [0, 0.05) is 38.4 Å². The summed E-state index contributed by atoms with van der Waals surface area (Å²) in [6.45, 7) is 4.51. The molecule has 0 saturated carbocycles. The molecular weight excluding hydrogens is 373 g/mol. The number of benzene rings is 1. The number of hydrogen-bond donors (Lipinski definition) is 1. The van der Waals surface area contributed by atoms with E-state index in [9.17, 15) is 17.6 Å². The molecule has 1 amide bonds. The van der Waals surface area contributed by atoms with Crippen molar-refractivity contribution in [2.45, 2.75) is 17.7 Å². The summed E-state index contributed by atoms with van der Waals surface area (Å²) in [6, 6.07) is 3.72. The van der Waals surface area contributed by atoms with Gasteiger partial charge >= 0.3 is 0 Å². The highest BCUT2D eigenvalue weighted by atomic mass is 32.2. The smallest absolute Gasteiger partial charge is 0.265 e. The Labute approximate surface area is 157 Å². The molecule has 27 heavy (non-hydrogen) atoms. The number of allylic oxidation sites excluding steroid dienone is 1. The van der Waals surface area contributed by atoms with Crippen LogP contribution in [0.5, 0.6) is 0 Å². The van der Waals surface area contributed by atoms with Crippen molar-refractivity contribution in [1.82, 2.24) is 10.2 Å². The Morgan fingerprint density at radius 1 is 1.22 bits per heavy atom. The number of carbonyl (C=O) groups is 1. The van der Waals surface area contributed by atoms with Gasteiger partial charge in [-0.05, 0) is 31.0 Å². The van der Waals surface area contributed by atoms with E-state index in [2.05, 4.69) is 10.2 Å². The summed E-state index contributed by atoms with van der Waals surface area (Å²) in [7, 11) is -4.06. The van der Waals surface area contributed by atoms with E-state index in [0.29, 0.717) is 50.7 Å². The molecule has 2 saturated heterocycles. The highest BCUT2D eigenvalue weighted by Gasteiger charge is 2.41. The molecule has 0 aliphatic carbocycles. The van der Waals surface area contributed by atoms with Crippen LogP contribution in [0.25, 0.3) is 0 Å². The Morgan fingerprint density at radius 3 is 2.78 bits per heavy atom. The quantitative estimate of drug-likeness (QED) is 0.815. The molecule has 9 heteroatoms. The fraction of sp³-hybridized carbons (Fsp3) is 0.500. The van der Waals surface area contributed by atoms with E-state index in [-0.39, 0.29) is 9.80 Å². The predicted octanol–water partition coefficient (Wildman–Crippen LogP) is 0.873. The van der Waals surface area contributed by atoms with Gasteiger partial charge in [0.25, 0.3) is 5.91 Å². The van der Waals surface area contributed by atoms with Crippen LogP contribution in [0.1, 0.15) is 12.8 Å². The number of anilines is 1. The Kier molecular flexibility index (Phi) is 4.92.